The van der Waals surface area contributed by atoms with Crippen molar-refractivity contribution < 1.29 is 34.8 Å². The maximum atomic E-state index is 12.8. The number of alkyl halides is 6. The maximum absolute atomic E-state index is 12.8. The third-order valence-electron chi connectivity index (χ3n) is 3.09. The zero-order valence-corrected chi connectivity index (χ0v) is 13.9. The lowest BCUT2D eigenvalue weighted by molar-refractivity contribution is -0.138. The van der Waals surface area contributed by atoms with E-state index in [9.17, 15) is 34.8 Å². The first kappa shape index (κ1) is 19.7. The molecular weight excluding hydrogens is 392 g/mol. The number of sulfonamides is 1. The van der Waals surface area contributed by atoms with Crippen molar-refractivity contribution in [1.82, 2.24) is 4.31 Å². The molecule has 0 saturated heterocycles. The lowest BCUT2D eigenvalue weighted by Gasteiger charge is -2.23. The molecule has 0 radical (unpaired) electrons. The van der Waals surface area contributed by atoms with Crippen LogP contribution in [0.25, 0.3) is 0 Å². The molecule has 0 aliphatic rings. The van der Waals surface area contributed by atoms with Crippen molar-refractivity contribution in [2.75, 3.05) is 6.54 Å². The van der Waals surface area contributed by atoms with E-state index in [1.165, 1.54) is 11.4 Å². The maximum Gasteiger partial charge on any atom is 0.416 e. The number of nitrogens with zero attached hydrogens (tertiary/aromatic N) is 1. The third kappa shape index (κ3) is 5.19. The zero-order chi connectivity index (χ0) is 18.9. The third-order valence-corrected chi connectivity index (χ3v) is 5.61. The van der Waals surface area contributed by atoms with Crippen molar-refractivity contribution in [3.05, 3.63) is 52.2 Å². The van der Waals surface area contributed by atoms with Crippen LogP contribution in [0.3, 0.4) is 0 Å². The van der Waals surface area contributed by atoms with Gasteiger partial charge in [-0.3, -0.25) is 0 Å². The molecule has 0 aliphatic heterocycles. The van der Waals surface area contributed by atoms with Crippen molar-refractivity contribution >= 4 is 21.4 Å². The van der Waals surface area contributed by atoms with Gasteiger partial charge in [0.1, 0.15) is 6.54 Å². The number of hydrogen-bond acceptors (Lipinski definition) is 3. The summed E-state index contributed by atoms with van der Waals surface area (Å²) >= 11 is 1.16. The molecule has 0 bridgehead atoms. The molecule has 2 aromatic rings. The van der Waals surface area contributed by atoms with Gasteiger partial charge >= 0.3 is 12.4 Å². The molecule has 0 amide bonds. The van der Waals surface area contributed by atoms with Crippen molar-refractivity contribution in [3.8, 4) is 0 Å². The number of benzene rings is 1. The minimum atomic E-state index is -4.84. The highest BCUT2D eigenvalue weighted by molar-refractivity contribution is 7.89. The van der Waals surface area contributed by atoms with Gasteiger partial charge in [0.05, 0.1) is 10.5 Å². The Hall–Kier alpha value is -1.59. The molecule has 0 unspecified atom stereocenters. The molecule has 1 heterocycles. The van der Waals surface area contributed by atoms with E-state index < -0.39 is 45.9 Å². The van der Waals surface area contributed by atoms with Crippen LogP contribution in [0.1, 0.15) is 11.1 Å². The highest BCUT2D eigenvalue weighted by Crippen LogP contribution is 2.32. The van der Waals surface area contributed by atoms with Gasteiger partial charge < -0.3 is 0 Å². The van der Waals surface area contributed by atoms with Gasteiger partial charge in [0, 0.05) is 6.54 Å². The Kier molecular flexibility index (Phi) is 5.50. The summed E-state index contributed by atoms with van der Waals surface area (Å²) in [6.07, 6.45) is -9.65. The Bertz CT molecular complexity index is 813. The van der Waals surface area contributed by atoms with Gasteiger partial charge in [-0.2, -0.15) is 42.0 Å². The van der Waals surface area contributed by atoms with Gasteiger partial charge in [0.15, 0.2) is 0 Å². The number of halogens is 6. The van der Waals surface area contributed by atoms with Gasteiger partial charge in [0.25, 0.3) is 0 Å². The summed E-state index contributed by atoms with van der Waals surface area (Å²) in [5.74, 6) is 0. The van der Waals surface area contributed by atoms with E-state index in [0.29, 0.717) is 17.7 Å². The topological polar surface area (TPSA) is 37.4 Å². The van der Waals surface area contributed by atoms with Crippen LogP contribution < -0.4 is 0 Å². The smallest absolute Gasteiger partial charge is 0.207 e. The van der Waals surface area contributed by atoms with Crippen molar-refractivity contribution in [3.63, 3.8) is 0 Å². The van der Waals surface area contributed by atoms with E-state index in [2.05, 4.69) is 0 Å². The Labute approximate surface area is 143 Å². The second kappa shape index (κ2) is 6.96. The molecule has 0 N–H and O–H groups in total. The molecule has 3 nitrogen and oxygen atoms in total. The summed E-state index contributed by atoms with van der Waals surface area (Å²) in [4.78, 5) is -0.846. The first-order valence-electron chi connectivity index (χ1n) is 6.65. The highest BCUT2D eigenvalue weighted by Gasteiger charge is 2.38. The number of rotatable bonds is 5. The summed E-state index contributed by atoms with van der Waals surface area (Å²) in [5.41, 5.74) is -0.944. The average Bonchev–Trinajstić information content (AvgIpc) is 2.97. The Morgan fingerprint density at radius 2 is 1.72 bits per heavy atom. The van der Waals surface area contributed by atoms with E-state index in [1.54, 1.807) is 5.38 Å². The molecule has 0 atom stereocenters. The highest BCUT2D eigenvalue weighted by atomic mass is 32.2. The Balaban J connectivity index is 2.44. The van der Waals surface area contributed by atoms with Crippen LogP contribution in [0.4, 0.5) is 26.3 Å². The van der Waals surface area contributed by atoms with Gasteiger partial charge in [-0.05, 0) is 40.6 Å². The second-order valence-electron chi connectivity index (χ2n) is 5.05. The van der Waals surface area contributed by atoms with Gasteiger partial charge in [0.2, 0.25) is 10.0 Å². The standard InChI is InChI=1S/C14H11F6NO2S2/c15-13(16,17)9-21(7-10-4-5-24-8-10)25(22,23)12-3-1-2-11(6-12)14(18,19)20/h1-6,8H,7,9H2. The van der Waals surface area contributed by atoms with Gasteiger partial charge in [-0.1, -0.05) is 6.07 Å². The quantitative estimate of drug-likeness (QED) is 0.689. The molecule has 0 spiro atoms. The fraction of sp³-hybridized carbons (Fsp3) is 0.286. The first-order chi connectivity index (χ1) is 11.4. The minimum absolute atomic E-state index is 0.116. The lowest BCUT2D eigenvalue weighted by Crippen LogP contribution is -2.38. The average molecular weight is 403 g/mol. The summed E-state index contributed by atoms with van der Waals surface area (Å²) < 4.78 is 102. The van der Waals surface area contributed by atoms with Crippen LogP contribution in [-0.4, -0.2) is 25.4 Å². The predicted octanol–water partition coefficient (Wildman–Crippen LogP) is 4.52. The van der Waals surface area contributed by atoms with Crippen LogP contribution >= 0.6 is 11.3 Å². The van der Waals surface area contributed by atoms with Crippen LogP contribution in [0, 0.1) is 0 Å². The largest absolute Gasteiger partial charge is 0.416 e. The Morgan fingerprint density at radius 3 is 2.24 bits per heavy atom. The van der Waals surface area contributed by atoms with Crippen LogP contribution in [-0.2, 0) is 22.7 Å². The summed E-state index contributed by atoms with van der Waals surface area (Å²) in [6, 6.07) is 4.08. The van der Waals surface area contributed by atoms with E-state index in [4.69, 9.17) is 0 Å². The van der Waals surface area contributed by atoms with Crippen LogP contribution in [0.5, 0.6) is 0 Å². The summed E-state index contributed by atoms with van der Waals surface area (Å²) in [5, 5.41) is 3.02. The van der Waals surface area contributed by atoms with Crippen molar-refractivity contribution in [2.45, 2.75) is 23.8 Å². The summed E-state index contributed by atoms with van der Waals surface area (Å²) in [7, 11) is -4.78. The fourth-order valence-corrected chi connectivity index (χ4v) is 4.11. The lowest BCUT2D eigenvalue weighted by atomic mass is 10.2. The normalized spacial score (nSPS) is 13.4. The predicted molar refractivity (Wildman–Crippen MR) is 79.4 cm³/mol. The summed E-state index contributed by atoms with van der Waals surface area (Å²) in [6.45, 7) is -2.40. The van der Waals surface area contributed by atoms with E-state index in [1.807, 2.05) is 0 Å². The van der Waals surface area contributed by atoms with Gasteiger partial charge in [-0.15, -0.1) is 0 Å². The molecular formula is C14H11F6NO2S2. The SMILES string of the molecule is O=S(=O)(c1cccc(C(F)(F)F)c1)N(Cc1ccsc1)CC(F)(F)F. The van der Waals surface area contributed by atoms with Gasteiger partial charge in [-0.25, -0.2) is 8.42 Å². The molecule has 0 fully saturated rings. The number of hydrogen-bond donors (Lipinski definition) is 0. The molecule has 1 aromatic carbocycles. The molecule has 0 aliphatic carbocycles. The zero-order valence-electron chi connectivity index (χ0n) is 12.3. The van der Waals surface area contributed by atoms with Crippen LogP contribution in [0.15, 0.2) is 46.0 Å². The minimum Gasteiger partial charge on any atom is -0.207 e. The monoisotopic (exact) mass is 403 g/mol. The van der Waals surface area contributed by atoms with Crippen molar-refractivity contribution in [1.29, 1.82) is 0 Å². The molecule has 11 heteroatoms. The fourth-order valence-electron chi connectivity index (χ4n) is 1.99. The molecule has 138 valence electrons. The molecule has 0 saturated carbocycles. The van der Waals surface area contributed by atoms with E-state index in [-0.39, 0.29) is 4.31 Å². The van der Waals surface area contributed by atoms with E-state index >= 15 is 0 Å². The van der Waals surface area contributed by atoms with Crippen molar-refractivity contribution in [2.24, 2.45) is 0 Å². The molecule has 25 heavy (non-hydrogen) atoms. The van der Waals surface area contributed by atoms with Crippen LogP contribution in [0.2, 0.25) is 0 Å². The Morgan fingerprint density at radius 1 is 1.04 bits per heavy atom. The molecule has 1 aromatic heterocycles. The first-order valence-corrected chi connectivity index (χ1v) is 9.03. The second-order valence-corrected chi connectivity index (χ2v) is 7.76. The van der Waals surface area contributed by atoms with E-state index in [0.717, 1.165) is 23.5 Å². The molecule has 2 rings (SSSR count). The number of thiophene rings is 1.